The molecule has 0 spiro atoms. The predicted octanol–water partition coefficient (Wildman–Crippen LogP) is 4.58. The van der Waals surface area contributed by atoms with Gasteiger partial charge in [-0.15, -0.1) is 0 Å². The Hall–Kier alpha value is -2.21. The Balaban J connectivity index is 1.54. The standard InChI is InChI=1S/C23H22O4S/c1-14-18-13-19(28-23(25)17-11-7-4-8-12-17)21(27-18)22(20(14)24)26-15(2)16-9-5-3-6-10-16/h3-15,18,21-22H,1-2H3/t14-,15+,18+,21-,22-/m0/s1. The van der Waals surface area contributed by atoms with E-state index in [2.05, 4.69) is 0 Å². The minimum absolute atomic E-state index is 0.0306. The Morgan fingerprint density at radius 1 is 1.07 bits per heavy atom. The van der Waals surface area contributed by atoms with Crippen LogP contribution in [-0.4, -0.2) is 29.2 Å². The van der Waals surface area contributed by atoms with Gasteiger partial charge >= 0.3 is 0 Å². The van der Waals surface area contributed by atoms with Gasteiger partial charge in [-0.1, -0.05) is 67.6 Å². The Kier molecular flexibility index (Phi) is 5.49. The molecule has 0 aromatic heterocycles. The highest BCUT2D eigenvalue weighted by Crippen LogP contribution is 2.42. The van der Waals surface area contributed by atoms with Crippen LogP contribution in [0.1, 0.15) is 35.9 Å². The van der Waals surface area contributed by atoms with Crippen LogP contribution in [0.25, 0.3) is 0 Å². The number of carbonyl (C=O) groups excluding carboxylic acids is 2. The molecule has 2 aromatic rings. The molecule has 4 nitrogen and oxygen atoms in total. The molecule has 0 amide bonds. The number of Topliss-reactive ketones (excluding diaryl/α,β-unsaturated/α-hetero) is 1. The van der Waals surface area contributed by atoms with Crippen molar-refractivity contribution >= 4 is 22.7 Å². The van der Waals surface area contributed by atoms with Gasteiger partial charge in [0.2, 0.25) is 5.12 Å². The summed E-state index contributed by atoms with van der Waals surface area (Å²) in [5.41, 5.74) is 1.63. The number of benzene rings is 2. The van der Waals surface area contributed by atoms with Crippen LogP contribution in [0.15, 0.2) is 71.6 Å². The Bertz CT molecular complexity index is 893. The summed E-state index contributed by atoms with van der Waals surface area (Å²) < 4.78 is 12.2. The molecule has 2 heterocycles. The Morgan fingerprint density at radius 2 is 1.71 bits per heavy atom. The van der Waals surface area contributed by atoms with E-state index < -0.39 is 12.2 Å². The minimum Gasteiger partial charge on any atom is -0.362 e. The van der Waals surface area contributed by atoms with Crippen molar-refractivity contribution in [2.75, 3.05) is 0 Å². The van der Waals surface area contributed by atoms with Gasteiger partial charge in [0.15, 0.2) is 5.78 Å². The number of rotatable bonds is 5. The molecule has 2 aromatic carbocycles. The zero-order valence-electron chi connectivity index (χ0n) is 15.8. The summed E-state index contributed by atoms with van der Waals surface area (Å²) in [6, 6.07) is 18.9. The fourth-order valence-corrected chi connectivity index (χ4v) is 4.54. The molecule has 0 unspecified atom stereocenters. The Morgan fingerprint density at radius 3 is 2.39 bits per heavy atom. The lowest BCUT2D eigenvalue weighted by atomic mass is 9.93. The van der Waals surface area contributed by atoms with Crippen molar-refractivity contribution in [2.24, 2.45) is 5.92 Å². The van der Waals surface area contributed by atoms with Crippen LogP contribution in [-0.2, 0) is 14.3 Å². The SMILES string of the molecule is C[C@@H]1C(=O)[C@H](O[C@H](C)c2ccccc2)[C@H]2O[C@@H]1C=C2SC(=O)c1ccccc1. The summed E-state index contributed by atoms with van der Waals surface area (Å²) in [5.74, 6) is -0.266. The summed E-state index contributed by atoms with van der Waals surface area (Å²) in [7, 11) is 0. The molecule has 4 rings (SSSR count). The molecular weight excluding hydrogens is 372 g/mol. The topological polar surface area (TPSA) is 52.6 Å². The highest BCUT2D eigenvalue weighted by molar-refractivity contribution is 8.17. The first-order valence-electron chi connectivity index (χ1n) is 9.43. The maximum atomic E-state index is 12.9. The number of hydrogen-bond donors (Lipinski definition) is 0. The van der Waals surface area contributed by atoms with Crippen LogP contribution >= 0.6 is 11.8 Å². The van der Waals surface area contributed by atoms with Crippen LogP contribution in [0.3, 0.4) is 0 Å². The van der Waals surface area contributed by atoms with Crippen LogP contribution in [0.5, 0.6) is 0 Å². The van der Waals surface area contributed by atoms with Crippen molar-refractivity contribution < 1.29 is 19.1 Å². The van der Waals surface area contributed by atoms with E-state index in [1.165, 1.54) is 0 Å². The fraction of sp³-hybridized carbons (Fsp3) is 0.304. The lowest BCUT2D eigenvalue weighted by Gasteiger charge is -2.35. The molecule has 2 bridgehead atoms. The smallest absolute Gasteiger partial charge is 0.223 e. The molecule has 5 atom stereocenters. The van der Waals surface area contributed by atoms with E-state index in [-0.39, 0.29) is 29.0 Å². The molecule has 1 fully saturated rings. The molecule has 5 heteroatoms. The van der Waals surface area contributed by atoms with Crippen molar-refractivity contribution in [1.82, 2.24) is 0 Å². The Labute approximate surface area is 168 Å². The molecule has 0 N–H and O–H groups in total. The van der Waals surface area contributed by atoms with Gasteiger partial charge in [0.05, 0.1) is 12.2 Å². The number of fused-ring (bicyclic) bond motifs is 2. The third-order valence-corrected chi connectivity index (χ3v) is 6.27. The number of thioether (sulfide) groups is 1. The average Bonchev–Trinajstić information content (AvgIpc) is 3.11. The number of ether oxygens (including phenoxy) is 2. The summed E-state index contributed by atoms with van der Waals surface area (Å²) in [6.07, 6.45) is 0.119. The van der Waals surface area contributed by atoms with Crippen LogP contribution in [0, 0.1) is 5.92 Å². The van der Waals surface area contributed by atoms with Gasteiger partial charge in [-0.3, -0.25) is 9.59 Å². The molecular formula is C23H22O4S. The zero-order valence-corrected chi connectivity index (χ0v) is 16.6. The lowest BCUT2D eigenvalue weighted by Crippen LogP contribution is -2.48. The van der Waals surface area contributed by atoms with E-state index in [0.717, 1.165) is 22.2 Å². The predicted molar refractivity (Wildman–Crippen MR) is 109 cm³/mol. The quantitative estimate of drug-likeness (QED) is 0.743. The van der Waals surface area contributed by atoms with Gasteiger partial charge in [-0.05, 0) is 30.3 Å². The highest BCUT2D eigenvalue weighted by atomic mass is 32.2. The average molecular weight is 394 g/mol. The summed E-state index contributed by atoms with van der Waals surface area (Å²) in [6.45, 7) is 3.79. The highest BCUT2D eigenvalue weighted by Gasteiger charge is 2.49. The molecule has 0 radical (unpaired) electrons. The van der Waals surface area contributed by atoms with Gasteiger partial charge in [0.25, 0.3) is 0 Å². The summed E-state index contributed by atoms with van der Waals surface area (Å²) in [4.78, 5) is 26.3. The minimum atomic E-state index is -0.716. The summed E-state index contributed by atoms with van der Waals surface area (Å²) in [5, 5.41) is -0.0574. The van der Waals surface area contributed by atoms with Gasteiger partial charge in [0, 0.05) is 16.4 Å². The number of ketones is 1. The van der Waals surface area contributed by atoms with Crippen molar-refractivity contribution in [1.29, 1.82) is 0 Å². The van der Waals surface area contributed by atoms with E-state index >= 15 is 0 Å². The third-order valence-electron chi connectivity index (χ3n) is 5.25. The first-order chi connectivity index (χ1) is 13.5. The van der Waals surface area contributed by atoms with E-state index in [0.29, 0.717) is 5.56 Å². The zero-order chi connectivity index (χ0) is 19.7. The van der Waals surface area contributed by atoms with Crippen LogP contribution in [0.4, 0.5) is 0 Å². The number of carbonyl (C=O) groups is 2. The summed E-state index contributed by atoms with van der Waals surface area (Å²) >= 11 is 1.13. The maximum absolute atomic E-state index is 12.9. The van der Waals surface area contributed by atoms with E-state index in [9.17, 15) is 9.59 Å². The van der Waals surface area contributed by atoms with E-state index in [1.54, 1.807) is 12.1 Å². The van der Waals surface area contributed by atoms with Crippen molar-refractivity contribution in [3.05, 3.63) is 82.8 Å². The van der Waals surface area contributed by atoms with Gasteiger partial charge in [-0.2, -0.15) is 0 Å². The maximum Gasteiger partial charge on any atom is 0.223 e. The van der Waals surface area contributed by atoms with E-state index in [1.807, 2.05) is 68.5 Å². The largest absolute Gasteiger partial charge is 0.362 e. The van der Waals surface area contributed by atoms with Crippen LogP contribution < -0.4 is 0 Å². The molecule has 2 aliphatic rings. The van der Waals surface area contributed by atoms with Crippen molar-refractivity contribution in [3.63, 3.8) is 0 Å². The molecule has 0 aliphatic carbocycles. The molecule has 28 heavy (non-hydrogen) atoms. The van der Waals surface area contributed by atoms with E-state index in [4.69, 9.17) is 9.47 Å². The normalized spacial score (nSPS) is 27.4. The van der Waals surface area contributed by atoms with Crippen molar-refractivity contribution in [2.45, 2.75) is 38.3 Å². The molecule has 144 valence electrons. The second-order valence-electron chi connectivity index (χ2n) is 7.15. The second-order valence-corrected chi connectivity index (χ2v) is 8.19. The lowest BCUT2D eigenvalue weighted by molar-refractivity contribution is -0.167. The van der Waals surface area contributed by atoms with Crippen molar-refractivity contribution in [3.8, 4) is 0 Å². The van der Waals surface area contributed by atoms with Gasteiger partial charge in [0.1, 0.15) is 12.2 Å². The first kappa shape index (κ1) is 19.1. The molecule has 2 aliphatic heterocycles. The molecule has 0 saturated carbocycles. The number of hydrogen-bond acceptors (Lipinski definition) is 5. The van der Waals surface area contributed by atoms with Gasteiger partial charge < -0.3 is 9.47 Å². The fourth-order valence-electron chi connectivity index (χ4n) is 3.58. The van der Waals surface area contributed by atoms with Crippen LogP contribution in [0.2, 0.25) is 0 Å². The first-order valence-corrected chi connectivity index (χ1v) is 10.2. The third kappa shape index (κ3) is 3.70. The van der Waals surface area contributed by atoms with Gasteiger partial charge in [-0.25, -0.2) is 0 Å². The monoisotopic (exact) mass is 394 g/mol. The second kappa shape index (κ2) is 8.03. The molecule has 1 saturated heterocycles.